The van der Waals surface area contributed by atoms with Crippen molar-refractivity contribution < 1.29 is 23.9 Å². The summed E-state index contributed by atoms with van der Waals surface area (Å²) in [5.74, 6) is -1.11. The third-order valence-electron chi connectivity index (χ3n) is 5.13. The molecule has 2 atom stereocenters. The highest BCUT2D eigenvalue weighted by molar-refractivity contribution is 7.10. The Labute approximate surface area is 174 Å². The van der Waals surface area contributed by atoms with Gasteiger partial charge in [-0.2, -0.15) is 0 Å². The number of rotatable bonds is 5. The zero-order valence-corrected chi connectivity index (χ0v) is 17.8. The van der Waals surface area contributed by atoms with E-state index in [-0.39, 0.29) is 24.0 Å². The van der Waals surface area contributed by atoms with Crippen molar-refractivity contribution in [1.82, 2.24) is 9.80 Å². The molecule has 0 saturated carbocycles. The molecule has 1 aromatic heterocycles. The first-order chi connectivity index (χ1) is 13.8. The first-order valence-corrected chi connectivity index (χ1v) is 10.5. The molecule has 2 aliphatic heterocycles. The maximum absolute atomic E-state index is 13.5. The van der Waals surface area contributed by atoms with Crippen LogP contribution in [0.2, 0.25) is 0 Å². The molecular formula is C21H26N2O5S. The lowest BCUT2D eigenvalue weighted by Crippen LogP contribution is -2.52. The Balaban J connectivity index is 1.82. The molecule has 0 aromatic carbocycles. The SMILES string of the molecule is C=C(C)C(=O)N1CCN(C(=O)[C@@H]2C(C(=O)OCC)=C(C)O[C@H]2c2cccs2)CC1. The summed E-state index contributed by atoms with van der Waals surface area (Å²) < 4.78 is 11.2. The van der Waals surface area contributed by atoms with E-state index in [1.165, 1.54) is 11.3 Å². The van der Waals surface area contributed by atoms with Crippen molar-refractivity contribution in [3.8, 4) is 0 Å². The number of amides is 2. The van der Waals surface area contributed by atoms with Gasteiger partial charge < -0.3 is 19.3 Å². The summed E-state index contributed by atoms with van der Waals surface area (Å²) in [7, 11) is 0. The van der Waals surface area contributed by atoms with E-state index in [4.69, 9.17) is 9.47 Å². The Bertz CT molecular complexity index is 837. The number of carbonyl (C=O) groups excluding carboxylic acids is 3. The predicted molar refractivity (Wildman–Crippen MR) is 109 cm³/mol. The van der Waals surface area contributed by atoms with Crippen LogP contribution in [0.3, 0.4) is 0 Å². The number of thiophene rings is 1. The number of esters is 1. The zero-order valence-electron chi connectivity index (χ0n) is 17.0. The Morgan fingerprint density at radius 2 is 1.90 bits per heavy atom. The van der Waals surface area contributed by atoms with Crippen molar-refractivity contribution in [2.24, 2.45) is 5.92 Å². The quantitative estimate of drug-likeness (QED) is 0.543. The Kier molecular flexibility index (Phi) is 6.42. The van der Waals surface area contributed by atoms with Gasteiger partial charge >= 0.3 is 5.97 Å². The summed E-state index contributed by atoms with van der Waals surface area (Å²) in [6.07, 6.45) is -0.544. The molecule has 2 amide bonds. The highest BCUT2D eigenvalue weighted by Gasteiger charge is 2.47. The summed E-state index contributed by atoms with van der Waals surface area (Å²) in [6, 6.07) is 3.80. The molecule has 7 nitrogen and oxygen atoms in total. The topological polar surface area (TPSA) is 76.2 Å². The predicted octanol–water partition coefficient (Wildman–Crippen LogP) is 2.52. The molecule has 1 aromatic rings. The van der Waals surface area contributed by atoms with E-state index in [1.807, 2.05) is 17.5 Å². The summed E-state index contributed by atoms with van der Waals surface area (Å²) in [6.45, 7) is 10.7. The Morgan fingerprint density at radius 1 is 1.24 bits per heavy atom. The van der Waals surface area contributed by atoms with Gasteiger partial charge in [-0.05, 0) is 32.2 Å². The van der Waals surface area contributed by atoms with Crippen molar-refractivity contribution in [3.63, 3.8) is 0 Å². The van der Waals surface area contributed by atoms with Crippen molar-refractivity contribution in [1.29, 1.82) is 0 Å². The van der Waals surface area contributed by atoms with Crippen LogP contribution in [0.4, 0.5) is 0 Å². The monoisotopic (exact) mass is 418 g/mol. The lowest BCUT2D eigenvalue weighted by atomic mass is 9.91. The van der Waals surface area contributed by atoms with E-state index < -0.39 is 18.0 Å². The second kappa shape index (κ2) is 8.82. The highest BCUT2D eigenvalue weighted by Crippen LogP contribution is 2.44. The van der Waals surface area contributed by atoms with Crippen LogP contribution in [0.15, 0.2) is 41.0 Å². The van der Waals surface area contributed by atoms with Crippen molar-refractivity contribution in [2.75, 3.05) is 32.8 Å². The fourth-order valence-corrected chi connectivity index (χ4v) is 4.49. The van der Waals surface area contributed by atoms with Gasteiger partial charge in [0, 0.05) is 36.6 Å². The maximum Gasteiger partial charge on any atom is 0.338 e. The van der Waals surface area contributed by atoms with Crippen LogP contribution >= 0.6 is 11.3 Å². The van der Waals surface area contributed by atoms with Crippen LogP contribution in [-0.2, 0) is 23.9 Å². The van der Waals surface area contributed by atoms with E-state index in [2.05, 4.69) is 6.58 Å². The van der Waals surface area contributed by atoms with Crippen LogP contribution in [0.1, 0.15) is 31.8 Å². The molecular weight excluding hydrogens is 392 g/mol. The second-order valence-corrected chi connectivity index (χ2v) is 8.10. The van der Waals surface area contributed by atoms with Crippen LogP contribution in [0, 0.1) is 5.92 Å². The van der Waals surface area contributed by atoms with Gasteiger partial charge in [0.25, 0.3) is 0 Å². The van der Waals surface area contributed by atoms with Crippen LogP contribution in [0.25, 0.3) is 0 Å². The molecule has 0 unspecified atom stereocenters. The van der Waals surface area contributed by atoms with Gasteiger partial charge in [0.15, 0.2) is 0 Å². The largest absolute Gasteiger partial charge is 0.488 e. The standard InChI is InChI=1S/C21H26N2O5S/c1-5-27-21(26)16-14(4)28-18(15-7-6-12-29-15)17(16)20(25)23-10-8-22(9-11-23)19(24)13(2)3/h6-7,12,17-18H,2,5,8-11H2,1,3-4H3/t17-,18+/m1/s1. The average Bonchev–Trinajstić information content (AvgIpc) is 3.34. The summed E-state index contributed by atoms with van der Waals surface area (Å²) in [4.78, 5) is 42.5. The molecule has 1 fully saturated rings. The number of hydrogen-bond donors (Lipinski definition) is 0. The first kappa shape index (κ1) is 21.1. The third kappa shape index (κ3) is 4.22. The molecule has 0 radical (unpaired) electrons. The maximum atomic E-state index is 13.5. The van der Waals surface area contributed by atoms with E-state index in [0.29, 0.717) is 37.5 Å². The molecule has 29 heavy (non-hydrogen) atoms. The molecule has 1 saturated heterocycles. The lowest BCUT2D eigenvalue weighted by molar-refractivity contribution is -0.145. The molecule has 3 heterocycles. The van der Waals surface area contributed by atoms with E-state index in [9.17, 15) is 14.4 Å². The number of hydrogen-bond acceptors (Lipinski definition) is 6. The molecule has 0 bridgehead atoms. The molecule has 0 N–H and O–H groups in total. The molecule has 0 aliphatic carbocycles. The fraction of sp³-hybridized carbons (Fsp3) is 0.476. The van der Waals surface area contributed by atoms with Gasteiger partial charge in [0.05, 0.1) is 12.2 Å². The molecule has 8 heteroatoms. The number of nitrogens with zero attached hydrogens (tertiary/aromatic N) is 2. The van der Waals surface area contributed by atoms with E-state index >= 15 is 0 Å². The van der Waals surface area contributed by atoms with Gasteiger partial charge in [-0.15, -0.1) is 11.3 Å². The van der Waals surface area contributed by atoms with Crippen LogP contribution in [-0.4, -0.2) is 60.4 Å². The molecule has 3 rings (SSSR count). The van der Waals surface area contributed by atoms with Crippen molar-refractivity contribution >= 4 is 29.1 Å². The molecule has 2 aliphatic rings. The second-order valence-electron chi connectivity index (χ2n) is 7.12. The van der Waals surface area contributed by atoms with E-state index in [0.717, 1.165) is 4.88 Å². The highest BCUT2D eigenvalue weighted by atomic mass is 32.1. The normalized spacial score (nSPS) is 21.8. The minimum absolute atomic E-state index is 0.0966. The number of carbonyl (C=O) groups is 3. The fourth-order valence-electron chi connectivity index (χ4n) is 3.70. The Hall–Kier alpha value is -2.61. The summed E-state index contributed by atoms with van der Waals surface area (Å²) in [5.41, 5.74) is 0.769. The van der Waals surface area contributed by atoms with Crippen LogP contribution < -0.4 is 0 Å². The van der Waals surface area contributed by atoms with Gasteiger partial charge in [-0.1, -0.05) is 12.6 Å². The Morgan fingerprint density at radius 3 is 2.45 bits per heavy atom. The summed E-state index contributed by atoms with van der Waals surface area (Å²) >= 11 is 1.49. The summed E-state index contributed by atoms with van der Waals surface area (Å²) in [5, 5.41) is 1.92. The van der Waals surface area contributed by atoms with Gasteiger partial charge in [-0.3, -0.25) is 9.59 Å². The average molecular weight is 419 g/mol. The first-order valence-electron chi connectivity index (χ1n) is 9.66. The lowest BCUT2D eigenvalue weighted by Gasteiger charge is -2.36. The zero-order chi connectivity index (χ0) is 21.1. The van der Waals surface area contributed by atoms with Gasteiger partial charge in [-0.25, -0.2) is 4.79 Å². The van der Waals surface area contributed by atoms with Gasteiger partial charge in [0.1, 0.15) is 17.8 Å². The minimum Gasteiger partial charge on any atom is -0.488 e. The van der Waals surface area contributed by atoms with Crippen molar-refractivity contribution in [2.45, 2.75) is 26.9 Å². The molecule has 156 valence electrons. The number of allylic oxidation sites excluding steroid dienone is 1. The minimum atomic E-state index is -0.754. The van der Waals surface area contributed by atoms with Crippen molar-refractivity contribution in [3.05, 3.63) is 45.9 Å². The van der Waals surface area contributed by atoms with Crippen LogP contribution in [0.5, 0.6) is 0 Å². The van der Waals surface area contributed by atoms with E-state index in [1.54, 1.807) is 30.6 Å². The third-order valence-corrected chi connectivity index (χ3v) is 6.06. The number of piperazine rings is 1. The smallest absolute Gasteiger partial charge is 0.338 e. The van der Waals surface area contributed by atoms with Gasteiger partial charge in [0.2, 0.25) is 11.8 Å². The molecule has 0 spiro atoms. The number of ether oxygens (including phenoxy) is 2.